The molecule has 0 aromatic heterocycles. The van der Waals surface area contributed by atoms with Crippen molar-refractivity contribution in [1.82, 2.24) is 10.6 Å². The van der Waals surface area contributed by atoms with Crippen LogP contribution < -0.4 is 10.6 Å². The van der Waals surface area contributed by atoms with Crippen molar-refractivity contribution in [2.24, 2.45) is 0 Å². The van der Waals surface area contributed by atoms with Gasteiger partial charge in [-0.05, 0) is 75.2 Å². The third-order valence-electron chi connectivity index (χ3n) is 7.40. The maximum atomic E-state index is 11.8. The summed E-state index contributed by atoms with van der Waals surface area (Å²) < 4.78 is 0. The van der Waals surface area contributed by atoms with Crippen LogP contribution in [-0.2, 0) is 11.2 Å². The van der Waals surface area contributed by atoms with Crippen LogP contribution in [0.3, 0.4) is 0 Å². The summed E-state index contributed by atoms with van der Waals surface area (Å²) in [5.41, 5.74) is 8.81. The topological polar surface area (TPSA) is 95.5 Å². The van der Waals surface area contributed by atoms with Crippen LogP contribution in [0.25, 0.3) is 28.3 Å². The summed E-state index contributed by atoms with van der Waals surface area (Å²) in [4.78, 5) is 35.4. The number of carboxylic acid groups (broad SMARTS) is 1. The molecule has 3 amide bonds. The second kappa shape index (κ2) is 10.9. The summed E-state index contributed by atoms with van der Waals surface area (Å²) in [6, 6.07) is 32.4. The first-order valence-corrected chi connectivity index (χ1v) is 13.9. The average Bonchev–Trinajstić information content (AvgIpc) is 3.44. The Morgan fingerprint density at radius 2 is 1.55 bits per heavy atom. The molecule has 0 saturated carbocycles. The molecule has 0 spiro atoms. The van der Waals surface area contributed by atoms with E-state index < -0.39 is 6.09 Å². The molecule has 0 bridgehead atoms. The summed E-state index contributed by atoms with van der Waals surface area (Å²) in [5, 5.41) is 14.3. The first-order valence-electron chi connectivity index (χ1n) is 13.1. The summed E-state index contributed by atoms with van der Waals surface area (Å²) in [6.45, 7) is 0. The Balaban J connectivity index is 1.22. The van der Waals surface area contributed by atoms with Crippen LogP contribution in [0.15, 0.2) is 102 Å². The minimum atomic E-state index is -1.03. The van der Waals surface area contributed by atoms with Gasteiger partial charge in [0.1, 0.15) is 0 Å². The fourth-order valence-electron chi connectivity index (χ4n) is 5.67. The van der Waals surface area contributed by atoms with Crippen molar-refractivity contribution >= 4 is 35.1 Å². The van der Waals surface area contributed by atoms with Crippen LogP contribution in [-0.4, -0.2) is 28.4 Å². The normalized spacial score (nSPS) is 15.9. The van der Waals surface area contributed by atoms with Crippen molar-refractivity contribution in [3.05, 3.63) is 124 Å². The van der Waals surface area contributed by atoms with Gasteiger partial charge in [-0.1, -0.05) is 97.1 Å². The van der Waals surface area contributed by atoms with Gasteiger partial charge in [0.2, 0.25) is 0 Å². The number of amides is 3. The lowest BCUT2D eigenvalue weighted by Crippen LogP contribution is -2.36. The number of imide groups is 1. The molecular weight excluding hydrogens is 520 g/mol. The van der Waals surface area contributed by atoms with Crippen molar-refractivity contribution in [3.8, 4) is 22.3 Å². The second-order valence-electron chi connectivity index (χ2n) is 9.99. The molecule has 1 saturated heterocycles. The number of benzene rings is 4. The number of nitrogens with one attached hydrogen (secondary N) is 2. The molecule has 6 nitrogen and oxygen atoms in total. The smallest absolute Gasteiger partial charge is 0.404 e. The molecule has 0 radical (unpaired) electrons. The highest BCUT2D eigenvalue weighted by Gasteiger charge is 2.30. The zero-order valence-electron chi connectivity index (χ0n) is 21.5. The SMILES string of the molecule is O=C(O)NC(Cc1cccc(-c2ccc(C=C3SC(=O)NC3=O)cc2)c1)CC1c2ccccc2-c2ccccc21. The van der Waals surface area contributed by atoms with E-state index in [9.17, 15) is 19.5 Å². The van der Waals surface area contributed by atoms with Gasteiger partial charge in [0.25, 0.3) is 11.1 Å². The lowest BCUT2D eigenvalue weighted by Gasteiger charge is -2.23. The van der Waals surface area contributed by atoms with Crippen LogP contribution in [0.2, 0.25) is 0 Å². The number of fused-ring (bicyclic) bond motifs is 3. The van der Waals surface area contributed by atoms with Gasteiger partial charge in [0, 0.05) is 12.0 Å². The van der Waals surface area contributed by atoms with Crippen molar-refractivity contribution in [3.63, 3.8) is 0 Å². The Hall–Kier alpha value is -4.62. The van der Waals surface area contributed by atoms with E-state index in [4.69, 9.17) is 0 Å². The van der Waals surface area contributed by atoms with E-state index in [0.717, 1.165) is 34.0 Å². The number of carbonyl (C=O) groups is 3. The van der Waals surface area contributed by atoms with Gasteiger partial charge in [-0.3, -0.25) is 14.9 Å². The van der Waals surface area contributed by atoms with Crippen molar-refractivity contribution < 1.29 is 19.5 Å². The van der Waals surface area contributed by atoms with Gasteiger partial charge < -0.3 is 10.4 Å². The average molecular weight is 547 g/mol. The zero-order chi connectivity index (χ0) is 27.6. The van der Waals surface area contributed by atoms with Gasteiger partial charge in [-0.15, -0.1) is 0 Å². The molecule has 1 aliphatic heterocycles. The molecule has 4 aromatic rings. The van der Waals surface area contributed by atoms with E-state index in [1.54, 1.807) is 6.08 Å². The zero-order valence-corrected chi connectivity index (χ0v) is 22.3. The first-order chi connectivity index (χ1) is 19.4. The molecule has 1 heterocycles. The first kappa shape index (κ1) is 25.6. The Labute approximate surface area is 236 Å². The Kier molecular flexibility index (Phi) is 6.97. The van der Waals surface area contributed by atoms with E-state index in [1.165, 1.54) is 22.3 Å². The number of rotatable bonds is 7. The van der Waals surface area contributed by atoms with Gasteiger partial charge in [-0.25, -0.2) is 4.79 Å². The van der Waals surface area contributed by atoms with E-state index in [1.807, 2.05) is 66.7 Å². The largest absolute Gasteiger partial charge is 0.465 e. The van der Waals surface area contributed by atoms with Gasteiger partial charge in [0.15, 0.2) is 0 Å². The van der Waals surface area contributed by atoms with Crippen LogP contribution in [0, 0.1) is 0 Å². The number of hydrogen-bond donors (Lipinski definition) is 3. The molecule has 6 rings (SSSR count). The van der Waals surface area contributed by atoms with E-state index in [2.05, 4.69) is 41.0 Å². The summed E-state index contributed by atoms with van der Waals surface area (Å²) in [7, 11) is 0. The molecule has 1 aliphatic carbocycles. The summed E-state index contributed by atoms with van der Waals surface area (Å²) in [5.74, 6) is -0.259. The van der Waals surface area contributed by atoms with Crippen LogP contribution in [0.5, 0.6) is 0 Å². The second-order valence-corrected chi connectivity index (χ2v) is 11.0. The Morgan fingerprint density at radius 1 is 0.875 bits per heavy atom. The Morgan fingerprint density at radius 3 is 2.17 bits per heavy atom. The maximum absolute atomic E-state index is 11.8. The highest BCUT2D eigenvalue weighted by Crippen LogP contribution is 2.46. The predicted molar refractivity (Wildman–Crippen MR) is 158 cm³/mol. The van der Waals surface area contributed by atoms with Crippen LogP contribution >= 0.6 is 11.8 Å². The molecule has 1 atom stereocenters. The quantitative estimate of drug-likeness (QED) is 0.216. The van der Waals surface area contributed by atoms with Crippen molar-refractivity contribution in [1.29, 1.82) is 0 Å². The highest BCUT2D eigenvalue weighted by molar-refractivity contribution is 8.18. The van der Waals surface area contributed by atoms with E-state index in [-0.39, 0.29) is 23.1 Å². The Bertz CT molecular complexity index is 1620. The van der Waals surface area contributed by atoms with Crippen LogP contribution in [0.1, 0.15) is 34.6 Å². The summed E-state index contributed by atoms with van der Waals surface area (Å²) in [6.07, 6.45) is 1.89. The molecule has 2 aliphatic rings. The van der Waals surface area contributed by atoms with Crippen LogP contribution in [0.4, 0.5) is 9.59 Å². The summed E-state index contributed by atoms with van der Waals surface area (Å²) >= 11 is 0.898. The molecule has 7 heteroatoms. The van der Waals surface area contributed by atoms with Crippen molar-refractivity contribution in [2.75, 3.05) is 0 Å². The number of carbonyl (C=O) groups excluding carboxylic acids is 2. The standard InChI is InChI=1S/C33H26N2O4S/c36-31-30(40-33(39)35-31)18-20-12-14-22(15-13-20)23-7-5-6-21(16-23)17-24(34-32(37)38)19-29-27-10-3-1-8-25(27)26-9-2-4-11-28(26)29/h1-16,18,24,29,34H,17,19H2,(H,37,38)(H,35,36,39). The lowest BCUT2D eigenvalue weighted by molar-refractivity contribution is -0.115. The third kappa shape index (κ3) is 5.28. The molecule has 1 unspecified atom stereocenters. The number of hydrogen-bond acceptors (Lipinski definition) is 4. The third-order valence-corrected chi connectivity index (χ3v) is 8.21. The molecule has 40 heavy (non-hydrogen) atoms. The van der Waals surface area contributed by atoms with Gasteiger partial charge >= 0.3 is 6.09 Å². The molecule has 1 fully saturated rings. The fraction of sp³-hybridized carbons (Fsp3) is 0.121. The lowest BCUT2D eigenvalue weighted by atomic mass is 9.87. The predicted octanol–water partition coefficient (Wildman–Crippen LogP) is 7.06. The minimum Gasteiger partial charge on any atom is -0.465 e. The monoisotopic (exact) mass is 546 g/mol. The van der Waals surface area contributed by atoms with Gasteiger partial charge in [0.05, 0.1) is 4.91 Å². The molecule has 4 aromatic carbocycles. The molecular formula is C33H26N2O4S. The van der Waals surface area contributed by atoms with E-state index in [0.29, 0.717) is 17.7 Å². The fourth-order valence-corrected chi connectivity index (χ4v) is 6.35. The van der Waals surface area contributed by atoms with Gasteiger partial charge in [-0.2, -0.15) is 0 Å². The van der Waals surface area contributed by atoms with Crippen molar-refractivity contribution in [2.45, 2.75) is 24.8 Å². The highest BCUT2D eigenvalue weighted by atomic mass is 32.2. The van der Waals surface area contributed by atoms with E-state index >= 15 is 0 Å². The number of thioether (sulfide) groups is 1. The molecule has 3 N–H and O–H groups in total. The maximum Gasteiger partial charge on any atom is 0.404 e. The minimum absolute atomic E-state index is 0.115. The molecule has 198 valence electrons.